The first-order valence-electron chi connectivity index (χ1n) is 8.55. The van der Waals surface area contributed by atoms with Gasteiger partial charge in [-0.1, -0.05) is 18.2 Å². The molecule has 0 bridgehead atoms. The van der Waals surface area contributed by atoms with Crippen LogP contribution in [0.2, 0.25) is 0 Å². The van der Waals surface area contributed by atoms with E-state index in [1.807, 2.05) is 30.3 Å². The van der Waals surface area contributed by atoms with Gasteiger partial charge >= 0.3 is 0 Å². The number of pyridine rings is 2. The summed E-state index contributed by atoms with van der Waals surface area (Å²) >= 11 is 0. The topological polar surface area (TPSA) is 64.5 Å². The second kappa shape index (κ2) is 7.00. The van der Waals surface area contributed by atoms with Crippen molar-refractivity contribution >= 4 is 16.8 Å². The molecule has 0 saturated carbocycles. The number of carbonyl (C=O) groups is 1. The molecule has 6 nitrogen and oxygen atoms in total. The zero-order valence-corrected chi connectivity index (χ0v) is 14.5. The van der Waals surface area contributed by atoms with Crippen molar-refractivity contribution in [2.24, 2.45) is 0 Å². The summed E-state index contributed by atoms with van der Waals surface area (Å²) in [7, 11) is 1.52. The molecule has 1 atom stereocenters. The van der Waals surface area contributed by atoms with Crippen molar-refractivity contribution in [2.45, 2.75) is 12.5 Å². The van der Waals surface area contributed by atoms with Crippen LogP contribution in [0.3, 0.4) is 0 Å². The van der Waals surface area contributed by atoms with Crippen molar-refractivity contribution in [2.75, 3.05) is 20.2 Å². The molecule has 3 aromatic rings. The minimum atomic E-state index is -0.0860. The van der Waals surface area contributed by atoms with Crippen LogP contribution in [0.15, 0.2) is 54.9 Å². The Morgan fingerprint density at radius 1 is 1.12 bits per heavy atom. The lowest BCUT2D eigenvalue weighted by Gasteiger charge is -2.18. The van der Waals surface area contributed by atoms with Crippen molar-refractivity contribution in [1.29, 1.82) is 0 Å². The standard InChI is InChI=1S/C20H19N3O3/c1-25-19-16(7-4-11-22-19)20(24)23-12-9-15(13-23)26-17-8-2-5-14-6-3-10-21-18(14)17/h2-8,10-11,15H,9,12-13H2,1H3. The average molecular weight is 349 g/mol. The highest BCUT2D eigenvalue weighted by molar-refractivity contribution is 5.96. The Morgan fingerprint density at radius 2 is 1.92 bits per heavy atom. The van der Waals surface area contributed by atoms with E-state index in [2.05, 4.69) is 9.97 Å². The van der Waals surface area contributed by atoms with Gasteiger partial charge in [0.25, 0.3) is 5.91 Å². The number of hydrogen-bond donors (Lipinski definition) is 0. The van der Waals surface area contributed by atoms with Gasteiger partial charge in [-0.25, -0.2) is 4.98 Å². The van der Waals surface area contributed by atoms with E-state index in [0.717, 1.165) is 23.1 Å². The third-order valence-electron chi connectivity index (χ3n) is 4.52. The SMILES string of the molecule is COc1ncccc1C(=O)N1CCC(Oc2cccc3cccnc23)C1. The van der Waals surface area contributed by atoms with Crippen LogP contribution in [0, 0.1) is 0 Å². The Balaban J connectivity index is 1.49. The van der Waals surface area contributed by atoms with Gasteiger partial charge in [0.05, 0.1) is 13.7 Å². The molecular formula is C20H19N3O3. The molecule has 1 aromatic carbocycles. The molecule has 1 amide bonds. The monoisotopic (exact) mass is 349 g/mol. The fraction of sp³-hybridized carbons (Fsp3) is 0.250. The molecule has 0 spiro atoms. The summed E-state index contributed by atoms with van der Waals surface area (Å²) in [6.07, 6.45) is 4.08. The van der Waals surface area contributed by atoms with Crippen molar-refractivity contribution in [3.63, 3.8) is 0 Å². The maximum atomic E-state index is 12.8. The number of carbonyl (C=O) groups excluding carboxylic acids is 1. The summed E-state index contributed by atoms with van der Waals surface area (Å²) in [5.74, 6) is 1.01. The highest BCUT2D eigenvalue weighted by Gasteiger charge is 2.30. The number of likely N-dealkylation sites (tertiary alicyclic amines) is 1. The highest BCUT2D eigenvalue weighted by atomic mass is 16.5. The maximum absolute atomic E-state index is 12.8. The van der Waals surface area contributed by atoms with E-state index >= 15 is 0 Å². The molecule has 26 heavy (non-hydrogen) atoms. The van der Waals surface area contributed by atoms with E-state index in [4.69, 9.17) is 9.47 Å². The van der Waals surface area contributed by atoms with E-state index in [-0.39, 0.29) is 12.0 Å². The van der Waals surface area contributed by atoms with Crippen LogP contribution in [-0.2, 0) is 0 Å². The molecule has 132 valence electrons. The van der Waals surface area contributed by atoms with E-state index < -0.39 is 0 Å². The fourth-order valence-electron chi connectivity index (χ4n) is 3.25. The smallest absolute Gasteiger partial charge is 0.259 e. The molecular weight excluding hydrogens is 330 g/mol. The molecule has 0 N–H and O–H groups in total. The van der Waals surface area contributed by atoms with Crippen LogP contribution in [-0.4, -0.2) is 47.1 Å². The van der Waals surface area contributed by atoms with Crippen molar-refractivity contribution in [1.82, 2.24) is 14.9 Å². The Bertz CT molecular complexity index is 939. The van der Waals surface area contributed by atoms with Gasteiger partial charge in [-0.15, -0.1) is 0 Å². The molecule has 3 heterocycles. The molecule has 1 fully saturated rings. The quantitative estimate of drug-likeness (QED) is 0.725. The average Bonchev–Trinajstić information content (AvgIpc) is 3.16. The van der Waals surface area contributed by atoms with Gasteiger partial charge in [-0.3, -0.25) is 9.78 Å². The number of nitrogens with zero attached hydrogens (tertiary/aromatic N) is 3. The third-order valence-corrected chi connectivity index (χ3v) is 4.52. The van der Waals surface area contributed by atoms with E-state index in [0.29, 0.717) is 24.5 Å². The number of amides is 1. The third kappa shape index (κ3) is 3.06. The Morgan fingerprint density at radius 3 is 2.81 bits per heavy atom. The van der Waals surface area contributed by atoms with Crippen LogP contribution in [0.1, 0.15) is 16.8 Å². The zero-order valence-electron chi connectivity index (χ0n) is 14.5. The Kier molecular flexibility index (Phi) is 4.39. The molecule has 1 unspecified atom stereocenters. The predicted octanol–water partition coefficient (Wildman–Crippen LogP) is 2.93. The first-order valence-corrected chi connectivity index (χ1v) is 8.55. The highest BCUT2D eigenvalue weighted by Crippen LogP contribution is 2.27. The number of benzene rings is 1. The number of rotatable bonds is 4. The summed E-state index contributed by atoms with van der Waals surface area (Å²) in [5, 5.41) is 1.04. The Labute approximate surface area is 151 Å². The fourth-order valence-corrected chi connectivity index (χ4v) is 3.25. The van der Waals surface area contributed by atoms with E-state index in [1.165, 1.54) is 7.11 Å². The minimum Gasteiger partial charge on any atom is -0.486 e. The van der Waals surface area contributed by atoms with E-state index in [9.17, 15) is 4.79 Å². The molecule has 1 saturated heterocycles. The van der Waals surface area contributed by atoms with Gasteiger partial charge in [0.2, 0.25) is 5.88 Å². The summed E-state index contributed by atoms with van der Waals surface area (Å²) in [6, 6.07) is 13.3. The number of para-hydroxylation sites is 1. The molecule has 4 rings (SSSR count). The van der Waals surface area contributed by atoms with Gasteiger partial charge in [0, 0.05) is 30.7 Å². The number of ether oxygens (including phenoxy) is 2. The van der Waals surface area contributed by atoms with Crippen LogP contribution >= 0.6 is 0 Å². The number of aromatic nitrogens is 2. The summed E-state index contributed by atoms with van der Waals surface area (Å²) in [6.45, 7) is 1.17. The maximum Gasteiger partial charge on any atom is 0.259 e. The van der Waals surface area contributed by atoms with E-state index in [1.54, 1.807) is 29.4 Å². The van der Waals surface area contributed by atoms with Gasteiger partial charge in [0.15, 0.2) is 0 Å². The van der Waals surface area contributed by atoms with Crippen molar-refractivity contribution in [3.8, 4) is 11.6 Å². The van der Waals surface area contributed by atoms with Crippen molar-refractivity contribution < 1.29 is 14.3 Å². The first-order chi connectivity index (χ1) is 12.8. The van der Waals surface area contributed by atoms with Crippen LogP contribution < -0.4 is 9.47 Å². The molecule has 6 heteroatoms. The minimum absolute atomic E-state index is 0.0609. The second-order valence-corrected chi connectivity index (χ2v) is 6.17. The first kappa shape index (κ1) is 16.3. The van der Waals surface area contributed by atoms with Gasteiger partial charge in [0.1, 0.15) is 22.9 Å². The molecule has 1 aliphatic rings. The predicted molar refractivity (Wildman–Crippen MR) is 97.5 cm³/mol. The molecule has 0 radical (unpaired) electrons. The van der Waals surface area contributed by atoms with Gasteiger partial charge in [-0.05, 0) is 24.3 Å². The summed E-state index contributed by atoms with van der Waals surface area (Å²) in [5.41, 5.74) is 1.32. The number of fused-ring (bicyclic) bond motifs is 1. The summed E-state index contributed by atoms with van der Waals surface area (Å²) < 4.78 is 11.4. The Hall–Kier alpha value is -3.15. The normalized spacial score (nSPS) is 16.7. The largest absolute Gasteiger partial charge is 0.486 e. The lowest BCUT2D eigenvalue weighted by molar-refractivity contribution is 0.0768. The molecule has 1 aliphatic heterocycles. The van der Waals surface area contributed by atoms with Gasteiger partial charge in [-0.2, -0.15) is 0 Å². The van der Waals surface area contributed by atoms with Crippen LogP contribution in [0.25, 0.3) is 10.9 Å². The lowest BCUT2D eigenvalue weighted by atomic mass is 10.2. The van der Waals surface area contributed by atoms with Crippen LogP contribution in [0.5, 0.6) is 11.6 Å². The van der Waals surface area contributed by atoms with Crippen molar-refractivity contribution in [3.05, 3.63) is 60.4 Å². The lowest BCUT2D eigenvalue weighted by Crippen LogP contribution is -2.31. The number of hydrogen-bond acceptors (Lipinski definition) is 5. The second-order valence-electron chi connectivity index (χ2n) is 6.17. The molecule has 0 aliphatic carbocycles. The number of methoxy groups -OCH3 is 1. The molecule has 2 aromatic heterocycles. The van der Waals surface area contributed by atoms with Gasteiger partial charge < -0.3 is 14.4 Å². The summed E-state index contributed by atoms with van der Waals surface area (Å²) in [4.78, 5) is 23.1. The van der Waals surface area contributed by atoms with Crippen LogP contribution in [0.4, 0.5) is 0 Å². The zero-order chi connectivity index (χ0) is 17.9.